The molecule has 3 nitrogen and oxygen atoms in total. The van der Waals surface area contributed by atoms with Crippen molar-refractivity contribution in [2.45, 2.75) is 12.8 Å². The van der Waals surface area contributed by atoms with E-state index in [1.54, 1.807) is 0 Å². The number of amides is 1. The van der Waals surface area contributed by atoms with E-state index in [1.165, 1.54) is 0 Å². The van der Waals surface area contributed by atoms with Gasteiger partial charge in [0.15, 0.2) is 0 Å². The van der Waals surface area contributed by atoms with Crippen LogP contribution in [0.25, 0.3) is 10.8 Å². The maximum atomic E-state index is 12.4. The molecule has 0 radical (unpaired) electrons. The third kappa shape index (κ3) is 2.78. The van der Waals surface area contributed by atoms with Crippen LogP contribution in [0.4, 0.5) is 5.69 Å². The van der Waals surface area contributed by atoms with Gasteiger partial charge in [0.2, 0.25) is 5.91 Å². The molecular weight excluding hydrogens is 286 g/mol. The van der Waals surface area contributed by atoms with E-state index in [0.29, 0.717) is 6.42 Å². The van der Waals surface area contributed by atoms with Crippen molar-refractivity contribution in [2.24, 2.45) is 0 Å². The molecule has 0 unspecified atom stereocenters. The van der Waals surface area contributed by atoms with Crippen LogP contribution in [-0.4, -0.2) is 12.5 Å². The zero-order valence-electron chi connectivity index (χ0n) is 12.7. The van der Waals surface area contributed by atoms with Crippen LogP contribution < -0.4 is 10.1 Å². The standard InChI is InChI=1S/C20H17NO2/c22-20(21-17-8-9-19-16(12-17)10-11-23-19)13-15-6-3-5-14-4-1-2-7-18(14)15/h1-9,12H,10-11,13H2,(H,21,22). The molecule has 1 aliphatic rings. The Morgan fingerprint density at radius 3 is 2.87 bits per heavy atom. The molecule has 0 aliphatic carbocycles. The summed E-state index contributed by atoms with van der Waals surface area (Å²) in [6, 6.07) is 20.0. The summed E-state index contributed by atoms with van der Waals surface area (Å²) in [4.78, 5) is 12.4. The first-order valence-electron chi connectivity index (χ1n) is 7.82. The van der Waals surface area contributed by atoms with Crippen molar-refractivity contribution < 1.29 is 9.53 Å². The molecule has 0 spiro atoms. The summed E-state index contributed by atoms with van der Waals surface area (Å²) < 4.78 is 5.49. The molecule has 23 heavy (non-hydrogen) atoms. The van der Waals surface area contributed by atoms with Gasteiger partial charge in [0.05, 0.1) is 13.0 Å². The quantitative estimate of drug-likeness (QED) is 0.795. The van der Waals surface area contributed by atoms with Crippen LogP contribution in [0, 0.1) is 0 Å². The van der Waals surface area contributed by atoms with Gasteiger partial charge in [-0.3, -0.25) is 4.79 Å². The Morgan fingerprint density at radius 1 is 1.04 bits per heavy atom. The van der Waals surface area contributed by atoms with Gasteiger partial charge in [-0.2, -0.15) is 0 Å². The van der Waals surface area contributed by atoms with Gasteiger partial charge in [-0.1, -0.05) is 42.5 Å². The lowest BCUT2D eigenvalue weighted by molar-refractivity contribution is -0.115. The molecule has 0 saturated carbocycles. The molecule has 1 amide bonds. The predicted molar refractivity (Wildman–Crippen MR) is 91.9 cm³/mol. The van der Waals surface area contributed by atoms with Crippen molar-refractivity contribution in [3.63, 3.8) is 0 Å². The first kappa shape index (κ1) is 13.8. The summed E-state index contributed by atoms with van der Waals surface area (Å²) in [5.74, 6) is 0.928. The lowest BCUT2D eigenvalue weighted by Gasteiger charge is -2.09. The number of hydrogen-bond acceptors (Lipinski definition) is 2. The fourth-order valence-electron chi connectivity index (χ4n) is 3.09. The molecule has 0 atom stereocenters. The van der Waals surface area contributed by atoms with Gasteiger partial charge in [0.25, 0.3) is 0 Å². The van der Waals surface area contributed by atoms with Crippen LogP contribution >= 0.6 is 0 Å². The minimum atomic E-state index is 0.000202. The summed E-state index contributed by atoms with van der Waals surface area (Å²) >= 11 is 0. The molecular formula is C20H17NO2. The number of carbonyl (C=O) groups is 1. The number of benzene rings is 3. The average Bonchev–Trinajstić information content (AvgIpc) is 3.03. The van der Waals surface area contributed by atoms with E-state index in [2.05, 4.69) is 23.5 Å². The maximum Gasteiger partial charge on any atom is 0.228 e. The molecule has 0 fully saturated rings. The summed E-state index contributed by atoms with van der Waals surface area (Å²) in [5, 5.41) is 5.28. The third-order valence-corrected chi connectivity index (χ3v) is 4.20. The highest BCUT2D eigenvalue weighted by atomic mass is 16.5. The molecule has 0 bridgehead atoms. The maximum absolute atomic E-state index is 12.4. The minimum absolute atomic E-state index is 0.000202. The normalized spacial score (nSPS) is 12.7. The highest BCUT2D eigenvalue weighted by Crippen LogP contribution is 2.28. The smallest absolute Gasteiger partial charge is 0.228 e. The van der Waals surface area contributed by atoms with Crippen LogP contribution in [0.3, 0.4) is 0 Å². The fourth-order valence-corrected chi connectivity index (χ4v) is 3.09. The number of anilines is 1. The number of hydrogen-bond donors (Lipinski definition) is 1. The lowest BCUT2D eigenvalue weighted by Crippen LogP contribution is -2.14. The van der Waals surface area contributed by atoms with Crippen LogP contribution in [0.2, 0.25) is 0 Å². The second-order valence-electron chi connectivity index (χ2n) is 5.78. The molecule has 4 rings (SSSR count). The molecule has 1 N–H and O–H groups in total. The Kier molecular flexibility index (Phi) is 3.46. The Bertz CT molecular complexity index is 880. The molecule has 0 aromatic heterocycles. The second kappa shape index (κ2) is 5.76. The van der Waals surface area contributed by atoms with Crippen molar-refractivity contribution in [1.29, 1.82) is 0 Å². The third-order valence-electron chi connectivity index (χ3n) is 4.20. The zero-order valence-corrected chi connectivity index (χ0v) is 12.7. The first-order valence-corrected chi connectivity index (χ1v) is 7.82. The molecule has 0 saturated heterocycles. The Labute approximate surface area is 134 Å². The summed E-state index contributed by atoms with van der Waals surface area (Å²) in [5.41, 5.74) is 3.04. The topological polar surface area (TPSA) is 38.3 Å². The number of carbonyl (C=O) groups excluding carboxylic acids is 1. The largest absolute Gasteiger partial charge is 0.493 e. The van der Waals surface area contributed by atoms with E-state index < -0.39 is 0 Å². The van der Waals surface area contributed by atoms with Crippen molar-refractivity contribution in [3.05, 3.63) is 71.8 Å². The van der Waals surface area contributed by atoms with Gasteiger partial charge in [-0.15, -0.1) is 0 Å². The van der Waals surface area contributed by atoms with E-state index in [1.807, 2.05) is 42.5 Å². The highest BCUT2D eigenvalue weighted by Gasteiger charge is 2.13. The Balaban J connectivity index is 1.53. The zero-order chi connectivity index (χ0) is 15.6. The SMILES string of the molecule is O=C(Cc1cccc2ccccc12)Nc1ccc2c(c1)CCO2. The lowest BCUT2D eigenvalue weighted by atomic mass is 10.0. The summed E-state index contributed by atoms with van der Waals surface area (Å²) in [7, 11) is 0. The van der Waals surface area contributed by atoms with Crippen molar-refractivity contribution in [2.75, 3.05) is 11.9 Å². The second-order valence-corrected chi connectivity index (χ2v) is 5.78. The van der Waals surface area contributed by atoms with Gasteiger partial charge in [-0.25, -0.2) is 0 Å². The van der Waals surface area contributed by atoms with Gasteiger partial charge >= 0.3 is 0 Å². The summed E-state index contributed by atoms with van der Waals surface area (Å²) in [6.45, 7) is 0.725. The van der Waals surface area contributed by atoms with Crippen LogP contribution in [0.5, 0.6) is 5.75 Å². The van der Waals surface area contributed by atoms with Crippen molar-refractivity contribution >= 4 is 22.4 Å². The monoisotopic (exact) mass is 303 g/mol. The van der Waals surface area contributed by atoms with Crippen molar-refractivity contribution in [1.82, 2.24) is 0 Å². The van der Waals surface area contributed by atoms with Crippen LogP contribution in [0.1, 0.15) is 11.1 Å². The average molecular weight is 303 g/mol. The van der Waals surface area contributed by atoms with E-state index >= 15 is 0 Å². The molecule has 1 heterocycles. The fraction of sp³-hybridized carbons (Fsp3) is 0.150. The molecule has 1 aliphatic heterocycles. The number of ether oxygens (including phenoxy) is 1. The molecule has 3 heteroatoms. The summed E-state index contributed by atoms with van der Waals surface area (Å²) in [6.07, 6.45) is 1.28. The van der Waals surface area contributed by atoms with E-state index in [9.17, 15) is 4.79 Å². The molecule has 3 aromatic carbocycles. The number of nitrogens with one attached hydrogen (secondary N) is 1. The molecule has 114 valence electrons. The Morgan fingerprint density at radius 2 is 1.91 bits per heavy atom. The van der Waals surface area contributed by atoms with Gasteiger partial charge in [0.1, 0.15) is 5.75 Å². The number of fused-ring (bicyclic) bond motifs is 2. The Hall–Kier alpha value is -2.81. The van der Waals surface area contributed by atoms with Gasteiger partial charge in [0, 0.05) is 12.1 Å². The van der Waals surface area contributed by atoms with Crippen LogP contribution in [-0.2, 0) is 17.6 Å². The van der Waals surface area contributed by atoms with Gasteiger partial charge < -0.3 is 10.1 Å². The highest BCUT2D eigenvalue weighted by molar-refractivity contribution is 5.96. The van der Waals surface area contributed by atoms with Gasteiger partial charge in [-0.05, 0) is 40.1 Å². The number of rotatable bonds is 3. The van der Waals surface area contributed by atoms with Crippen molar-refractivity contribution in [3.8, 4) is 5.75 Å². The molecule has 3 aromatic rings. The minimum Gasteiger partial charge on any atom is -0.493 e. The van der Waals surface area contributed by atoms with E-state index in [4.69, 9.17) is 4.74 Å². The van der Waals surface area contributed by atoms with E-state index in [-0.39, 0.29) is 5.91 Å². The predicted octanol–water partition coefficient (Wildman–Crippen LogP) is 3.96. The van der Waals surface area contributed by atoms with E-state index in [0.717, 1.165) is 46.4 Å². The van der Waals surface area contributed by atoms with Crippen LogP contribution in [0.15, 0.2) is 60.7 Å². The first-order chi connectivity index (χ1) is 11.3.